The van der Waals surface area contributed by atoms with Crippen LogP contribution in [0.3, 0.4) is 0 Å². The van der Waals surface area contributed by atoms with Gasteiger partial charge in [-0.2, -0.15) is 0 Å². The summed E-state index contributed by atoms with van der Waals surface area (Å²) in [6.45, 7) is 28.4. The van der Waals surface area contributed by atoms with Crippen molar-refractivity contribution < 1.29 is 0 Å². The van der Waals surface area contributed by atoms with Gasteiger partial charge >= 0.3 is 0 Å². The lowest BCUT2D eigenvalue weighted by Gasteiger charge is -2.09. The highest BCUT2D eigenvalue weighted by Gasteiger charge is 2.07. The van der Waals surface area contributed by atoms with Crippen molar-refractivity contribution in [3.05, 3.63) is 67.8 Å². The van der Waals surface area contributed by atoms with E-state index in [4.69, 9.17) is 0 Å². The summed E-state index contributed by atoms with van der Waals surface area (Å²) in [5.41, 5.74) is 12.0. The normalized spacial score (nSPS) is 7.62. The Morgan fingerprint density at radius 2 is 0.595 bits per heavy atom. The van der Waals surface area contributed by atoms with Crippen molar-refractivity contribution in [2.45, 2.75) is 118 Å². The SMILES string of the molecule is C.C.CC.CC#Cc1cc(C#CC)c(C)c(C)c1C.CC#Cc1cc(C#CC)c(C)c(C)c1C.CCC. The molecular weight excluding hydrogens is 444 g/mol. The predicted molar refractivity (Wildman–Crippen MR) is 172 cm³/mol. The fourth-order valence-electron chi connectivity index (χ4n) is 3.15. The Morgan fingerprint density at radius 1 is 0.432 bits per heavy atom. The van der Waals surface area contributed by atoms with Crippen molar-refractivity contribution in [3.63, 3.8) is 0 Å². The molecule has 0 radical (unpaired) electrons. The highest BCUT2D eigenvalue weighted by Crippen LogP contribution is 2.21. The maximum Gasteiger partial charge on any atom is 0.0289 e. The van der Waals surface area contributed by atoms with Crippen LogP contribution in [0.25, 0.3) is 0 Å². The molecule has 0 aliphatic carbocycles. The van der Waals surface area contributed by atoms with Gasteiger partial charge in [0.15, 0.2) is 0 Å². The van der Waals surface area contributed by atoms with Gasteiger partial charge in [-0.15, -0.1) is 23.7 Å². The Balaban J connectivity index is -0.000000239. The van der Waals surface area contributed by atoms with E-state index < -0.39 is 0 Å². The number of hydrogen-bond acceptors (Lipinski definition) is 0. The number of hydrogen-bond donors (Lipinski definition) is 0. The van der Waals surface area contributed by atoms with E-state index in [1.165, 1.54) is 39.8 Å². The van der Waals surface area contributed by atoms with Crippen LogP contribution >= 0.6 is 0 Å². The van der Waals surface area contributed by atoms with E-state index in [1.54, 1.807) is 0 Å². The molecule has 0 spiro atoms. The molecule has 202 valence electrons. The van der Waals surface area contributed by atoms with Crippen LogP contribution in [0.2, 0.25) is 0 Å². The molecule has 37 heavy (non-hydrogen) atoms. The monoisotopic (exact) mass is 498 g/mol. The first-order valence-electron chi connectivity index (χ1n) is 12.6. The van der Waals surface area contributed by atoms with Crippen molar-refractivity contribution in [1.82, 2.24) is 0 Å². The van der Waals surface area contributed by atoms with Gasteiger partial charge in [-0.3, -0.25) is 0 Å². The summed E-state index contributed by atoms with van der Waals surface area (Å²) in [4.78, 5) is 0. The molecule has 0 saturated carbocycles. The summed E-state index contributed by atoms with van der Waals surface area (Å²) in [7, 11) is 0. The van der Waals surface area contributed by atoms with E-state index in [-0.39, 0.29) is 14.9 Å². The van der Waals surface area contributed by atoms with Crippen LogP contribution in [0.5, 0.6) is 0 Å². The van der Waals surface area contributed by atoms with Gasteiger partial charge in [-0.05, 0) is 115 Å². The Kier molecular flexibility index (Phi) is 25.5. The third-order valence-electron chi connectivity index (χ3n) is 5.48. The number of benzene rings is 2. The summed E-state index contributed by atoms with van der Waals surface area (Å²) < 4.78 is 0. The lowest BCUT2D eigenvalue weighted by Crippen LogP contribution is -1.95. The van der Waals surface area contributed by atoms with Crippen molar-refractivity contribution >= 4 is 0 Å². The summed E-state index contributed by atoms with van der Waals surface area (Å²) in [6, 6.07) is 4.18. The number of rotatable bonds is 0. The predicted octanol–water partition coefficient (Wildman–Crippen LogP) is 10.4. The van der Waals surface area contributed by atoms with Crippen LogP contribution in [0.4, 0.5) is 0 Å². The van der Waals surface area contributed by atoms with Crippen LogP contribution in [0, 0.1) is 88.9 Å². The average Bonchev–Trinajstić information content (AvgIpc) is 2.85. The molecule has 0 N–H and O–H groups in total. The van der Waals surface area contributed by atoms with Crippen LogP contribution in [-0.2, 0) is 0 Å². The van der Waals surface area contributed by atoms with Crippen molar-refractivity contribution in [2.24, 2.45) is 0 Å². The molecule has 0 amide bonds. The minimum absolute atomic E-state index is 0. The summed E-state index contributed by atoms with van der Waals surface area (Å²) in [5, 5.41) is 0. The maximum atomic E-state index is 3.12. The van der Waals surface area contributed by atoms with E-state index in [2.05, 4.69) is 115 Å². The minimum Gasteiger partial charge on any atom is -0.101 e. The van der Waals surface area contributed by atoms with Gasteiger partial charge in [0.25, 0.3) is 0 Å². The summed E-state index contributed by atoms with van der Waals surface area (Å²) in [6.07, 6.45) is 1.25. The molecule has 2 aromatic rings. The van der Waals surface area contributed by atoms with E-state index in [1.807, 2.05) is 41.5 Å². The molecule has 0 heterocycles. The molecule has 0 aromatic heterocycles. The van der Waals surface area contributed by atoms with Crippen LogP contribution < -0.4 is 0 Å². The molecule has 2 aromatic carbocycles. The van der Waals surface area contributed by atoms with Gasteiger partial charge in [0, 0.05) is 22.3 Å². The minimum atomic E-state index is 0. The molecule has 0 aliphatic heterocycles. The third-order valence-corrected chi connectivity index (χ3v) is 5.48. The third kappa shape index (κ3) is 13.0. The van der Waals surface area contributed by atoms with E-state index in [9.17, 15) is 0 Å². The molecule has 2 rings (SSSR count). The summed E-state index contributed by atoms with van der Waals surface area (Å²) >= 11 is 0. The van der Waals surface area contributed by atoms with Crippen molar-refractivity contribution in [1.29, 1.82) is 0 Å². The molecule has 0 aliphatic rings. The zero-order valence-electron chi connectivity index (χ0n) is 24.9. The van der Waals surface area contributed by atoms with Crippen molar-refractivity contribution in [3.8, 4) is 47.4 Å². The lowest BCUT2D eigenvalue weighted by molar-refractivity contribution is 1.09. The van der Waals surface area contributed by atoms with Gasteiger partial charge in [0.05, 0.1) is 0 Å². The Bertz CT molecular complexity index is 1020. The fraction of sp³-hybridized carbons (Fsp3) is 0.459. The fourth-order valence-corrected chi connectivity index (χ4v) is 3.15. The quantitative estimate of drug-likeness (QED) is 0.317. The van der Waals surface area contributed by atoms with Crippen LogP contribution in [0.15, 0.2) is 12.1 Å². The van der Waals surface area contributed by atoms with E-state index in [0.29, 0.717) is 0 Å². The lowest BCUT2D eigenvalue weighted by atomic mass is 9.94. The molecule has 0 bridgehead atoms. The summed E-state index contributed by atoms with van der Waals surface area (Å²) in [5.74, 6) is 24.3. The molecule has 0 atom stereocenters. The maximum absolute atomic E-state index is 3.12. The van der Waals surface area contributed by atoms with Crippen molar-refractivity contribution in [2.75, 3.05) is 0 Å². The molecule has 0 fully saturated rings. The zero-order chi connectivity index (χ0) is 27.6. The first-order valence-corrected chi connectivity index (χ1v) is 12.6. The van der Waals surface area contributed by atoms with Crippen LogP contribution in [0.1, 0.15) is 132 Å². The highest BCUT2D eigenvalue weighted by atomic mass is 14.1. The van der Waals surface area contributed by atoms with E-state index in [0.717, 1.165) is 22.3 Å². The van der Waals surface area contributed by atoms with E-state index >= 15 is 0 Å². The second-order valence-electron chi connectivity index (χ2n) is 7.90. The molecular formula is C37H54. The standard InChI is InChI=1S/2C15H16.C3H8.C2H6.2CH4/c2*1-6-8-14-10-15(9-7-2)13(5)11(3)12(14)4;1-3-2;1-2;;/h2*10H,1-5H3;3H2,1-2H3;1-2H3;2*1H4. The first-order chi connectivity index (χ1) is 16.6. The molecule has 0 heteroatoms. The van der Waals surface area contributed by atoms with Gasteiger partial charge in [-0.25, -0.2) is 0 Å². The van der Waals surface area contributed by atoms with Gasteiger partial charge in [-0.1, -0.05) is 72.7 Å². The van der Waals surface area contributed by atoms with Gasteiger partial charge < -0.3 is 0 Å². The Hall–Kier alpha value is -3.32. The molecule has 0 saturated heterocycles. The smallest absolute Gasteiger partial charge is 0.0289 e. The molecule has 0 nitrogen and oxygen atoms in total. The Labute approximate surface area is 233 Å². The second-order valence-corrected chi connectivity index (χ2v) is 7.90. The van der Waals surface area contributed by atoms with Crippen LogP contribution in [-0.4, -0.2) is 0 Å². The molecule has 0 unspecified atom stereocenters. The zero-order valence-corrected chi connectivity index (χ0v) is 24.9. The Morgan fingerprint density at radius 3 is 0.730 bits per heavy atom. The largest absolute Gasteiger partial charge is 0.101 e. The van der Waals surface area contributed by atoms with Gasteiger partial charge in [0.2, 0.25) is 0 Å². The topological polar surface area (TPSA) is 0 Å². The second kappa shape index (κ2) is 23.1. The van der Waals surface area contributed by atoms with Gasteiger partial charge in [0.1, 0.15) is 0 Å². The first kappa shape index (κ1) is 40.8. The average molecular weight is 499 g/mol. The highest BCUT2D eigenvalue weighted by molar-refractivity contribution is 5.56.